The van der Waals surface area contributed by atoms with Crippen LogP contribution in [0.2, 0.25) is 0 Å². The van der Waals surface area contributed by atoms with Gasteiger partial charge in [-0.15, -0.1) is 0 Å². The minimum absolute atomic E-state index is 0.586. The highest BCUT2D eigenvalue weighted by Gasteiger charge is 2.28. The summed E-state index contributed by atoms with van der Waals surface area (Å²) in [6.07, 6.45) is 16.5. The summed E-state index contributed by atoms with van der Waals surface area (Å²) >= 11 is 0. The van der Waals surface area contributed by atoms with Gasteiger partial charge < -0.3 is 4.74 Å². The zero-order valence-corrected chi connectivity index (χ0v) is 27.9. The first-order valence-corrected chi connectivity index (χ1v) is 17.7. The van der Waals surface area contributed by atoms with E-state index in [0.29, 0.717) is 17.8 Å². The third-order valence-corrected chi connectivity index (χ3v) is 10.6. The van der Waals surface area contributed by atoms with Gasteiger partial charge in [-0.25, -0.2) is 0 Å². The van der Waals surface area contributed by atoms with E-state index in [4.69, 9.17) is 4.74 Å². The van der Waals surface area contributed by atoms with Crippen molar-refractivity contribution in [2.75, 3.05) is 13.2 Å². The fraction of sp³-hybridized carbons (Fsp3) is 0.610. The molecule has 1 saturated carbocycles. The number of fused-ring (bicyclic) bond motifs is 1. The average molecular weight is 569 g/mol. The lowest BCUT2D eigenvalue weighted by molar-refractivity contribution is 0.0473. The molecule has 230 valence electrons. The van der Waals surface area contributed by atoms with Gasteiger partial charge in [-0.2, -0.15) is 0 Å². The lowest BCUT2D eigenvalue weighted by atomic mass is 9.73. The molecule has 3 aromatic carbocycles. The maximum atomic E-state index is 5.77. The van der Waals surface area contributed by atoms with Crippen molar-refractivity contribution < 1.29 is 4.74 Å². The topological polar surface area (TPSA) is 9.23 Å². The van der Waals surface area contributed by atoms with Crippen molar-refractivity contribution >= 4 is 10.8 Å². The van der Waals surface area contributed by atoms with Crippen molar-refractivity contribution in [1.29, 1.82) is 0 Å². The second kappa shape index (κ2) is 16.7. The fourth-order valence-corrected chi connectivity index (χ4v) is 7.58. The maximum Gasteiger partial charge on any atom is 0.0497 e. The third kappa shape index (κ3) is 8.72. The van der Waals surface area contributed by atoms with Crippen molar-refractivity contribution in [3.05, 3.63) is 71.3 Å². The summed E-state index contributed by atoms with van der Waals surface area (Å²) in [5.74, 6) is 3.67. The summed E-state index contributed by atoms with van der Waals surface area (Å²) in [5, 5.41) is 2.89. The number of unbranched alkanes of at least 4 members (excludes halogenated alkanes) is 3. The molecular formula is C41H60O. The number of hydrogen-bond acceptors (Lipinski definition) is 1. The second-order valence-corrected chi connectivity index (χ2v) is 13.8. The molecule has 1 heteroatoms. The van der Waals surface area contributed by atoms with E-state index in [9.17, 15) is 0 Å². The van der Waals surface area contributed by atoms with Gasteiger partial charge in [0.25, 0.3) is 0 Å². The summed E-state index contributed by atoms with van der Waals surface area (Å²) < 4.78 is 5.77. The molecular weight excluding hydrogens is 508 g/mol. The van der Waals surface area contributed by atoms with E-state index >= 15 is 0 Å². The second-order valence-electron chi connectivity index (χ2n) is 13.8. The highest BCUT2D eigenvalue weighted by Crippen LogP contribution is 2.43. The normalized spacial score (nSPS) is 22.6. The Morgan fingerprint density at radius 2 is 1.48 bits per heavy atom. The van der Waals surface area contributed by atoms with Gasteiger partial charge in [0.15, 0.2) is 0 Å². The van der Waals surface area contributed by atoms with Crippen molar-refractivity contribution in [2.45, 2.75) is 130 Å². The van der Waals surface area contributed by atoms with Gasteiger partial charge in [0.05, 0.1) is 0 Å². The molecule has 2 aliphatic rings. The quantitative estimate of drug-likeness (QED) is 0.221. The van der Waals surface area contributed by atoms with E-state index in [0.717, 1.165) is 31.5 Å². The molecule has 0 amide bonds. The molecule has 5 rings (SSSR count). The van der Waals surface area contributed by atoms with Gasteiger partial charge in [-0.3, -0.25) is 0 Å². The lowest BCUT2D eigenvalue weighted by Crippen LogP contribution is -2.24. The van der Waals surface area contributed by atoms with Crippen molar-refractivity contribution in [1.82, 2.24) is 0 Å². The van der Waals surface area contributed by atoms with Crippen LogP contribution in [0.4, 0.5) is 0 Å². The Bertz CT molecular complexity index is 1200. The predicted molar refractivity (Wildman–Crippen MR) is 185 cm³/mol. The number of benzene rings is 3. The van der Waals surface area contributed by atoms with E-state index in [1.165, 1.54) is 104 Å². The Morgan fingerprint density at radius 3 is 2.17 bits per heavy atom. The fourth-order valence-electron chi connectivity index (χ4n) is 7.58. The Hall–Kier alpha value is -2.12. The highest BCUT2D eigenvalue weighted by atomic mass is 16.5. The van der Waals surface area contributed by atoms with E-state index in [1.807, 2.05) is 0 Å². The molecule has 2 unspecified atom stereocenters. The van der Waals surface area contributed by atoms with Gasteiger partial charge in [0, 0.05) is 13.2 Å². The van der Waals surface area contributed by atoms with Crippen LogP contribution in [0.5, 0.6) is 0 Å². The Kier molecular flexibility index (Phi) is 13.0. The van der Waals surface area contributed by atoms with Crippen LogP contribution in [0, 0.1) is 24.7 Å². The first-order chi connectivity index (χ1) is 20.4. The molecule has 42 heavy (non-hydrogen) atoms. The molecule has 4 atom stereocenters. The number of ether oxygens (including phenoxy) is 1. The zero-order chi connectivity index (χ0) is 29.9. The SMILES string of the molecule is CCCCCCC(CC)CC.Cc1ccc(-c2ccc3c(C4CCCC[C@@H]4C)cc(C4CCOC[C@@H]4C)cc3c2)cc1. The molecule has 0 aromatic heterocycles. The average Bonchev–Trinajstić information content (AvgIpc) is 3.01. The molecule has 0 N–H and O–H groups in total. The molecule has 1 aliphatic carbocycles. The highest BCUT2D eigenvalue weighted by molar-refractivity contribution is 5.91. The molecule has 0 radical (unpaired) electrons. The van der Waals surface area contributed by atoms with Gasteiger partial charge in [0.1, 0.15) is 0 Å². The number of hydrogen-bond donors (Lipinski definition) is 0. The number of aryl methyl sites for hydroxylation is 1. The van der Waals surface area contributed by atoms with Crippen LogP contribution < -0.4 is 0 Å². The van der Waals surface area contributed by atoms with E-state index in [-0.39, 0.29) is 0 Å². The van der Waals surface area contributed by atoms with Crippen LogP contribution in [0.1, 0.15) is 140 Å². The van der Waals surface area contributed by atoms with E-state index in [2.05, 4.69) is 96.1 Å². The van der Waals surface area contributed by atoms with Crippen molar-refractivity contribution in [2.24, 2.45) is 17.8 Å². The summed E-state index contributed by atoms with van der Waals surface area (Å²) in [6, 6.07) is 21.2. The first-order valence-electron chi connectivity index (χ1n) is 17.7. The van der Waals surface area contributed by atoms with Crippen molar-refractivity contribution in [3.63, 3.8) is 0 Å². The first kappa shape index (κ1) is 32.8. The standard InChI is InChI=1S/C30H36O.C11H24/c1-20-8-10-23(11-9-20)24-12-13-29-25(16-24)17-26(27-14-15-31-19-22(27)3)18-30(29)28-7-5-4-6-21(28)2;1-4-7-8-9-10-11(5-2)6-3/h8-13,16-18,21-22,27-28H,4-7,14-15,19H2,1-3H3;11H,4-10H2,1-3H3/t21-,22-,27?,28?;/m0./s1. The Balaban J connectivity index is 0.000000315. The Morgan fingerprint density at radius 1 is 0.738 bits per heavy atom. The van der Waals surface area contributed by atoms with Gasteiger partial charge in [-0.05, 0) is 88.4 Å². The molecule has 1 saturated heterocycles. The lowest BCUT2D eigenvalue weighted by Gasteiger charge is -2.33. The molecule has 2 fully saturated rings. The summed E-state index contributed by atoms with van der Waals surface area (Å²) in [5.41, 5.74) is 7.09. The molecule has 1 aliphatic heterocycles. The van der Waals surface area contributed by atoms with Crippen LogP contribution in [-0.4, -0.2) is 13.2 Å². The van der Waals surface area contributed by atoms with Crippen LogP contribution in [0.15, 0.2) is 54.6 Å². The molecule has 0 bridgehead atoms. The van der Waals surface area contributed by atoms with Crippen LogP contribution in [-0.2, 0) is 4.74 Å². The minimum Gasteiger partial charge on any atom is -0.381 e. The Labute approximate surface area is 258 Å². The number of rotatable bonds is 10. The largest absolute Gasteiger partial charge is 0.381 e. The predicted octanol–water partition coefficient (Wildman–Crippen LogP) is 12.6. The van der Waals surface area contributed by atoms with Gasteiger partial charge in [-0.1, -0.05) is 153 Å². The smallest absolute Gasteiger partial charge is 0.0497 e. The van der Waals surface area contributed by atoms with E-state index in [1.54, 1.807) is 5.56 Å². The third-order valence-electron chi connectivity index (χ3n) is 10.6. The monoisotopic (exact) mass is 568 g/mol. The summed E-state index contributed by atoms with van der Waals surface area (Å²) in [6.45, 7) is 15.7. The zero-order valence-electron chi connectivity index (χ0n) is 27.9. The summed E-state index contributed by atoms with van der Waals surface area (Å²) in [4.78, 5) is 0. The molecule has 1 nitrogen and oxygen atoms in total. The maximum absolute atomic E-state index is 5.77. The van der Waals surface area contributed by atoms with Crippen LogP contribution in [0.25, 0.3) is 21.9 Å². The molecule has 1 heterocycles. The van der Waals surface area contributed by atoms with Crippen LogP contribution in [0.3, 0.4) is 0 Å². The van der Waals surface area contributed by atoms with Crippen molar-refractivity contribution in [3.8, 4) is 11.1 Å². The van der Waals surface area contributed by atoms with Gasteiger partial charge in [0.2, 0.25) is 0 Å². The van der Waals surface area contributed by atoms with Gasteiger partial charge >= 0.3 is 0 Å². The minimum atomic E-state index is 0.586. The molecule has 3 aromatic rings. The molecule has 0 spiro atoms. The van der Waals surface area contributed by atoms with E-state index < -0.39 is 0 Å². The summed E-state index contributed by atoms with van der Waals surface area (Å²) in [7, 11) is 0. The van der Waals surface area contributed by atoms with Crippen LogP contribution >= 0.6 is 0 Å².